The lowest BCUT2D eigenvalue weighted by atomic mass is 10.2. The van der Waals surface area contributed by atoms with E-state index in [1.807, 2.05) is 23.6 Å². The SMILES string of the molecule is CCn1c(Sc2ncnc3sccc23)nnc1-c1ccncc1. The summed E-state index contributed by atoms with van der Waals surface area (Å²) in [5, 5.41) is 13.5. The van der Waals surface area contributed by atoms with Crippen molar-refractivity contribution in [1.29, 1.82) is 0 Å². The largest absolute Gasteiger partial charge is 0.302 e. The van der Waals surface area contributed by atoms with Crippen molar-refractivity contribution in [1.82, 2.24) is 29.7 Å². The minimum absolute atomic E-state index is 0.783. The number of pyridine rings is 1. The Hall–Kier alpha value is -2.32. The molecule has 0 radical (unpaired) electrons. The molecule has 0 aliphatic heterocycles. The number of thiophene rings is 1. The minimum atomic E-state index is 0.783. The van der Waals surface area contributed by atoms with Gasteiger partial charge in [0.2, 0.25) is 0 Å². The first-order chi connectivity index (χ1) is 11.4. The van der Waals surface area contributed by atoms with Gasteiger partial charge in [0, 0.05) is 29.9 Å². The summed E-state index contributed by atoms with van der Waals surface area (Å²) in [7, 11) is 0. The molecule has 0 amide bonds. The van der Waals surface area contributed by atoms with Crippen LogP contribution in [0.5, 0.6) is 0 Å². The number of aromatic nitrogens is 6. The highest BCUT2D eigenvalue weighted by Crippen LogP contribution is 2.33. The zero-order valence-electron chi connectivity index (χ0n) is 12.2. The van der Waals surface area contributed by atoms with Crippen LogP contribution in [0.3, 0.4) is 0 Å². The molecule has 0 bridgehead atoms. The summed E-state index contributed by atoms with van der Waals surface area (Å²) >= 11 is 3.13. The van der Waals surface area contributed by atoms with Gasteiger partial charge >= 0.3 is 0 Å². The Morgan fingerprint density at radius 2 is 2.00 bits per heavy atom. The maximum atomic E-state index is 4.40. The van der Waals surface area contributed by atoms with E-state index in [0.717, 1.165) is 38.3 Å². The summed E-state index contributed by atoms with van der Waals surface area (Å²) < 4.78 is 2.08. The molecule has 0 atom stereocenters. The number of nitrogens with zero attached hydrogens (tertiary/aromatic N) is 6. The normalized spacial score (nSPS) is 11.2. The molecule has 0 aromatic carbocycles. The van der Waals surface area contributed by atoms with Crippen LogP contribution >= 0.6 is 23.1 Å². The summed E-state index contributed by atoms with van der Waals surface area (Å²) in [5.74, 6) is 0.841. The molecule has 8 heteroatoms. The Morgan fingerprint density at radius 3 is 2.83 bits per heavy atom. The van der Waals surface area contributed by atoms with Crippen molar-refractivity contribution in [3.8, 4) is 11.4 Å². The van der Waals surface area contributed by atoms with E-state index in [1.54, 1.807) is 30.1 Å². The van der Waals surface area contributed by atoms with Crippen LogP contribution < -0.4 is 0 Å². The highest BCUT2D eigenvalue weighted by atomic mass is 32.2. The van der Waals surface area contributed by atoms with Crippen molar-refractivity contribution < 1.29 is 0 Å². The first kappa shape index (κ1) is 14.3. The first-order valence-corrected chi connectivity index (χ1v) is 8.76. The average Bonchev–Trinajstić information content (AvgIpc) is 3.22. The monoisotopic (exact) mass is 340 g/mol. The lowest BCUT2D eigenvalue weighted by Gasteiger charge is -2.07. The van der Waals surface area contributed by atoms with E-state index in [-0.39, 0.29) is 0 Å². The van der Waals surface area contributed by atoms with Gasteiger partial charge in [-0.25, -0.2) is 9.97 Å². The van der Waals surface area contributed by atoms with Crippen LogP contribution in [-0.4, -0.2) is 29.7 Å². The highest BCUT2D eigenvalue weighted by Gasteiger charge is 2.16. The molecule has 0 saturated heterocycles. The second-order valence-electron chi connectivity index (χ2n) is 4.71. The Kier molecular flexibility index (Phi) is 3.76. The zero-order chi connectivity index (χ0) is 15.6. The summed E-state index contributed by atoms with van der Waals surface area (Å²) in [6.07, 6.45) is 5.11. The van der Waals surface area contributed by atoms with E-state index in [4.69, 9.17) is 0 Å². The van der Waals surface area contributed by atoms with E-state index in [9.17, 15) is 0 Å². The third kappa shape index (κ3) is 2.60. The van der Waals surface area contributed by atoms with Crippen LogP contribution in [0.2, 0.25) is 0 Å². The summed E-state index contributed by atoms with van der Waals surface area (Å²) in [6, 6.07) is 5.91. The molecule has 0 fully saturated rings. The van der Waals surface area contributed by atoms with Crippen molar-refractivity contribution in [2.45, 2.75) is 23.7 Å². The maximum Gasteiger partial charge on any atom is 0.197 e. The van der Waals surface area contributed by atoms with E-state index in [0.29, 0.717) is 0 Å². The van der Waals surface area contributed by atoms with Gasteiger partial charge in [-0.05, 0) is 42.3 Å². The first-order valence-electron chi connectivity index (χ1n) is 7.06. The Morgan fingerprint density at radius 1 is 1.13 bits per heavy atom. The van der Waals surface area contributed by atoms with Gasteiger partial charge in [-0.15, -0.1) is 21.5 Å². The molecule has 114 valence electrons. The standard InChI is InChI=1S/C15H12N6S2/c1-2-21-12(10-3-6-16-7-4-10)19-20-15(21)23-14-11-5-8-22-13(11)17-9-18-14/h3-9H,2H2,1H3. The second kappa shape index (κ2) is 6.05. The minimum Gasteiger partial charge on any atom is -0.302 e. The van der Waals surface area contributed by atoms with Crippen LogP contribution in [-0.2, 0) is 6.54 Å². The Labute approximate surface area is 140 Å². The van der Waals surface area contributed by atoms with Gasteiger partial charge in [0.15, 0.2) is 11.0 Å². The fraction of sp³-hybridized carbons (Fsp3) is 0.133. The molecule has 4 heterocycles. The van der Waals surface area contributed by atoms with Gasteiger partial charge in [-0.3, -0.25) is 4.98 Å². The summed E-state index contributed by atoms with van der Waals surface area (Å²) in [4.78, 5) is 13.7. The van der Waals surface area contributed by atoms with Crippen molar-refractivity contribution in [2.75, 3.05) is 0 Å². The average molecular weight is 340 g/mol. The number of fused-ring (bicyclic) bond motifs is 1. The Bertz CT molecular complexity index is 947. The molecule has 4 aromatic heterocycles. The molecule has 0 N–H and O–H groups in total. The van der Waals surface area contributed by atoms with Crippen molar-refractivity contribution in [3.63, 3.8) is 0 Å². The molecule has 6 nitrogen and oxygen atoms in total. The molecule has 0 aliphatic carbocycles. The smallest absolute Gasteiger partial charge is 0.197 e. The van der Waals surface area contributed by atoms with Crippen LogP contribution in [0.25, 0.3) is 21.6 Å². The molecule has 0 saturated carbocycles. The third-order valence-electron chi connectivity index (χ3n) is 3.38. The Balaban J connectivity index is 1.76. The van der Waals surface area contributed by atoms with E-state index in [2.05, 4.69) is 36.6 Å². The molecule has 0 unspecified atom stereocenters. The van der Waals surface area contributed by atoms with Crippen LogP contribution in [0.15, 0.2) is 52.5 Å². The van der Waals surface area contributed by atoms with Crippen LogP contribution in [0, 0.1) is 0 Å². The van der Waals surface area contributed by atoms with Gasteiger partial charge in [-0.1, -0.05) is 0 Å². The van der Waals surface area contributed by atoms with Gasteiger partial charge < -0.3 is 4.57 Å². The lowest BCUT2D eigenvalue weighted by molar-refractivity contribution is 0.687. The van der Waals surface area contributed by atoms with Crippen molar-refractivity contribution in [3.05, 3.63) is 42.3 Å². The molecule has 4 aromatic rings. The molecule has 23 heavy (non-hydrogen) atoms. The third-order valence-corrected chi connectivity index (χ3v) is 5.21. The van der Waals surface area contributed by atoms with E-state index >= 15 is 0 Å². The summed E-state index contributed by atoms with van der Waals surface area (Å²) in [6.45, 7) is 2.86. The van der Waals surface area contributed by atoms with E-state index in [1.165, 1.54) is 11.8 Å². The number of hydrogen-bond acceptors (Lipinski definition) is 7. The molecule has 4 rings (SSSR count). The topological polar surface area (TPSA) is 69.4 Å². The van der Waals surface area contributed by atoms with E-state index < -0.39 is 0 Å². The maximum absolute atomic E-state index is 4.40. The van der Waals surface area contributed by atoms with Gasteiger partial charge in [0.1, 0.15) is 16.2 Å². The predicted molar refractivity (Wildman–Crippen MR) is 90.5 cm³/mol. The zero-order valence-corrected chi connectivity index (χ0v) is 13.9. The van der Waals surface area contributed by atoms with Gasteiger partial charge in [0.05, 0.1) is 0 Å². The molecular weight excluding hydrogens is 328 g/mol. The number of hydrogen-bond donors (Lipinski definition) is 0. The summed E-state index contributed by atoms with van der Waals surface area (Å²) in [5.41, 5.74) is 1.00. The van der Waals surface area contributed by atoms with Gasteiger partial charge in [-0.2, -0.15) is 0 Å². The van der Waals surface area contributed by atoms with Crippen LogP contribution in [0.4, 0.5) is 0 Å². The second-order valence-corrected chi connectivity index (χ2v) is 6.56. The van der Waals surface area contributed by atoms with Crippen molar-refractivity contribution in [2.24, 2.45) is 0 Å². The highest BCUT2D eigenvalue weighted by molar-refractivity contribution is 7.99. The fourth-order valence-electron chi connectivity index (χ4n) is 2.30. The van der Waals surface area contributed by atoms with Gasteiger partial charge in [0.25, 0.3) is 0 Å². The fourth-order valence-corrected chi connectivity index (χ4v) is 4.05. The lowest BCUT2D eigenvalue weighted by Crippen LogP contribution is -2.00. The quantitative estimate of drug-likeness (QED) is 0.530. The molecular formula is C15H12N6S2. The molecule has 0 spiro atoms. The van der Waals surface area contributed by atoms with Crippen molar-refractivity contribution >= 4 is 33.3 Å². The molecule has 0 aliphatic rings. The predicted octanol–water partition coefficient (Wildman–Crippen LogP) is 3.52. The van der Waals surface area contributed by atoms with Crippen LogP contribution in [0.1, 0.15) is 6.92 Å². The number of rotatable bonds is 4.